The number of aromatic nitrogens is 1. The molecule has 2 amide bonds. The fraction of sp³-hybridized carbons (Fsp3) is 0.552. The topological polar surface area (TPSA) is 107 Å². The second-order valence-electron chi connectivity index (χ2n) is 11.4. The normalized spacial score (nSPS) is 21.2. The molecule has 1 aliphatic carbocycles. The number of rotatable bonds is 4. The van der Waals surface area contributed by atoms with Crippen molar-refractivity contribution >= 4 is 23.3 Å². The third-order valence-corrected chi connectivity index (χ3v) is 7.98. The van der Waals surface area contributed by atoms with Gasteiger partial charge in [-0.3, -0.25) is 14.4 Å². The maximum absolute atomic E-state index is 13.3. The Morgan fingerprint density at radius 2 is 1.92 bits per heavy atom. The summed E-state index contributed by atoms with van der Waals surface area (Å²) in [6.45, 7) is 11.3. The van der Waals surface area contributed by atoms with Crippen molar-refractivity contribution in [2.75, 3.05) is 25.6 Å². The zero-order chi connectivity index (χ0) is 27.1. The molecule has 200 valence electrons. The standard InChI is InChI=1S/C29H40N4O4/c1-17-23-8-7-12-32(26(35)11-13-37-6)19(3)18(2)31-22-14-20(9-10-21(22)28(30)36)33(23)24-15-29(4,5)16-25(34)27(17)24/h9-10,14,18-19,31H,7-8,11-13,15-16H2,1-6H3,(H2,30,36)/t18-,19-/m0/s1. The molecule has 0 unspecified atom stereocenters. The van der Waals surface area contributed by atoms with Gasteiger partial charge in [0.15, 0.2) is 5.78 Å². The molecule has 0 spiro atoms. The van der Waals surface area contributed by atoms with Crippen LogP contribution in [-0.4, -0.2) is 59.4 Å². The van der Waals surface area contributed by atoms with E-state index < -0.39 is 5.91 Å². The molecule has 8 nitrogen and oxygen atoms in total. The molecule has 0 saturated heterocycles. The number of anilines is 1. The molecule has 0 radical (unpaired) electrons. The first-order valence-corrected chi connectivity index (χ1v) is 13.2. The number of Topliss-reactive ketones (excluding diaryl/α,β-unsaturated/α-hetero) is 1. The average Bonchev–Trinajstić information content (AvgIpc) is 3.09. The molecule has 2 aliphatic rings. The molecule has 4 rings (SSSR count). The smallest absolute Gasteiger partial charge is 0.250 e. The van der Waals surface area contributed by atoms with E-state index in [4.69, 9.17) is 10.5 Å². The minimum atomic E-state index is -0.517. The zero-order valence-corrected chi connectivity index (χ0v) is 22.9. The molecule has 1 aromatic heterocycles. The van der Waals surface area contributed by atoms with Crippen molar-refractivity contribution in [3.05, 3.63) is 46.3 Å². The van der Waals surface area contributed by atoms with Gasteiger partial charge in [-0.25, -0.2) is 0 Å². The van der Waals surface area contributed by atoms with Crippen LogP contribution in [0.5, 0.6) is 0 Å². The predicted molar refractivity (Wildman–Crippen MR) is 145 cm³/mol. The fourth-order valence-electron chi connectivity index (χ4n) is 5.94. The summed E-state index contributed by atoms with van der Waals surface area (Å²) in [6, 6.07) is 5.36. The molecule has 1 aromatic carbocycles. The summed E-state index contributed by atoms with van der Waals surface area (Å²) in [5.74, 6) is -0.303. The molecular weight excluding hydrogens is 468 g/mol. The van der Waals surface area contributed by atoms with Crippen molar-refractivity contribution in [1.29, 1.82) is 0 Å². The molecule has 8 heteroatoms. The predicted octanol–water partition coefficient (Wildman–Crippen LogP) is 4.04. The van der Waals surface area contributed by atoms with Crippen LogP contribution in [0.2, 0.25) is 0 Å². The maximum Gasteiger partial charge on any atom is 0.250 e. The first kappa shape index (κ1) is 26.9. The lowest BCUT2D eigenvalue weighted by atomic mass is 9.75. The number of amides is 2. The summed E-state index contributed by atoms with van der Waals surface area (Å²) < 4.78 is 7.37. The van der Waals surface area contributed by atoms with E-state index in [9.17, 15) is 14.4 Å². The number of carbonyl (C=O) groups excluding carboxylic acids is 3. The molecule has 2 atom stereocenters. The number of hydrogen-bond acceptors (Lipinski definition) is 5. The van der Waals surface area contributed by atoms with E-state index >= 15 is 0 Å². The van der Waals surface area contributed by atoms with E-state index in [1.165, 1.54) is 0 Å². The number of nitrogens with one attached hydrogen (secondary N) is 1. The van der Waals surface area contributed by atoms with Crippen LogP contribution in [0.3, 0.4) is 0 Å². The van der Waals surface area contributed by atoms with Crippen LogP contribution in [-0.2, 0) is 22.4 Å². The van der Waals surface area contributed by atoms with Gasteiger partial charge in [-0.05, 0) is 69.2 Å². The number of fused-ring (bicyclic) bond motifs is 6. The second kappa shape index (κ2) is 10.3. The molecule has 2 aromatic rings. The Morgan fingerprint density at radius 1 is 1.19 bits per heavy atom. The Balaban J connectivity index is 1.89. The SMILES string of the molecule is COCCC(=O)N1CCCc2c(C)c3c(n2-c2ccc(C(N)=O)c(c2)N[C@@H](C)[C@@H]1C)CC(C)(C)CC3=O. The van der Waals surface area contributed by atoms with Crippen LogP contribution < -0.4 is 11.1 Å². The van der Waals surface area contributed by atoms with Gasteiger partial charge in [0.2, 0.25) is 5.91 Å². The van der Waals surface area contributed by atoms with Gasteiger partial charge in [0.25, 0.3) is 5.91 Å². The summed E-state index contributed by atoms with van der Waals surface area (Å²) in [7, 11) is 1.59. The minimum Gasteiger partial charge on any atom is -0.384 e. The molecule has 0 saturated carbocycles. The maximum atomic E-state index is 13.3. The fourth-order valence-corrected chi connectivity index (χ4v) is 5.94. The number of nitrogens with two attached hydrogens (primary N) is 1. The molecule has 1 aliphatic heterocycles. The van der Waals surface area contributed by atoms with Crippen molar-refractivity contribution < 1.29 is 19.1 Å². The van der Waals surface area contributed by atoms with Gasteiger partial charge in [-0.2, -0.15) is 0 Å². The van der Waals surface area contributed by atoms with Gasteiger partial charge in [0.05, 0.1) is 18.6 Å². The highest BCUT2D eigenvalue weighted by Gasteiger charge is 2.37. The van der Waals surface area contributed by atoms with E-state index in [1.54, 1.807) is 13.2 Å². The number of primary amides is 1. The Bertz CT molecular complexity index is 1230. The number of methoxy groups -OCH3 is 1. The van der Waals surface area contributed by atoms with Gasteiger partial charge in [0.1, 0.15) is 0 Å². The lowest BCUT2D eigenvalue weighted by molar-refractivity contribution is -0.134. The quantitative estimate of drug-likeness (QED) is 0.648. The number of benzene rings is 1. The van der Waals surface area contributed by atoms with E-state index in [0.29, 0.717) is 37.2 Å². The van der Waals surface area contributed by atoms with Crippen molar-refractivity contribution in [1.82, 2.24) is 9.47 Å². The van der Waals surface area contributed by atoms with Crippen molar-refractivity contribution in [2.45, 2.75) is 78.8 Å². The van der Waals surface area contributed by atoms with Crippen molar-refractivity contribution in [3.63, 3.8) is 0 Å². The third-order valence-electron chi connectivity index (χ3n) is 7.98. The van der Waals surface area contributed by atoms with E-state index in [-0.39, 0.29) is 29.2 Å². The van der Waals surface area contributed by atoms with Crippen LogP contribution in [0.25, 0.3) is 5.69 Å². The van der Waals surface area contributed by atoms with Gasteiger partial charge >= 0.3 is 0 Å². The Morgan fingerprint density at radius 3 is 2.59 bits per heavy atom. The van der Waals surface area contributed by atoms with Crippen LogP contribution in [0, 0.1) is 12.3 Å². The molecule has 3 N–H and O–H groups in total. The highest BCUT2D eigenvalue weighted by Crippen LogP contribution is 2.41. The molecule has 0 fully saturated rings. The molecule has 2 heterocycles. The van der Waals surface area contributed by atoms with Gasteiger partial charge < -0.3 is 25.3 Å². The Kier molecular flexibility index (Phi) is 7.51. The summed E-state index contributed by atoms with van der Waals surface area (Å²) >= 11 is 0. The zero-order valence-electron chi connectivity index (χ0n) is 22.9. The third kappa shape index (κ3) is 5.17. The van der Waals surface area contributed by atoms with Crippen LogP contribution in [0.1, 0.15) is 84.6 Å². The van der Waals surface area contributed by atoms with Crippen molar-refractivity contribution in [2.24, 2.45) is 11.1 Å². The number of nitrogens with zero attached hydrogens (tertiary/aromatic N) is 2. The van der Waals surface area contributed by atoms with Crippen LogP contribution in [0.4, 0.5) is 5.69 Å². The van der Waals surface area contributed by atoms with Crippen molar-refractivity contribution in [3.8, 4) is 5.69 Å². The molecular formula is C29H40N4O4. The largest absolute Gasteiger partial charge is 0.384 e. The lowest BCUT2D eigenvalue weighted by Crippen LogP contribution is -2.48. The minimum absolute atomic E-state index is 0.0345. The summed E-state index contributed by atoms with van der Waals surface area (Å²) in [4.78, 5) is 40.7. The Labute approximate surface area is 219 Å². The molecule has 37 heavy (non-hydrogen) atoms. The summed E-state index contributed by atoms with van der Waals surface area (Å²) in [5, 5.41) is 3.48. The number of carbonyl (C=O) groups is 3. The van der Waals surface area contributed by atoms with Crippen LogP contribution >= 0.6 is 0 Å². The van der Waals surface area contributed by atoms with E-state index in [2.05, 4.69) is 23.7 Å². The first-order chi connectivity index (χ1) is 17.4. The van der Waals surface area contributed by atoms with Gasteiger partial charge in [-0.1, -0.05) is 13.8 Å². The highest BCUT2D eigenvalue weighted by atomic mass is 16.5. The highest BCUT2D eigenvalue weighted by molar-refractivity contribution is 6.01. The second-order valence-corrected chi connectivity index (χ2v) is 11.4. The monoisotopic (exact) mass is 508 g/mol. The Hall–Kier alpha value is -3.13. The first-order valence-electron chi connectivity index (χ1n) is 13.2. The lowest BCUT2D eigenvalue weighted by Gasteiger charge is -2.35. The van der Waals surface area contributed by atoms with E-state index in [1.807, 2.05) is 37.8 Å². The number of ether oxygens (including phenoxy) is 1. The number of hydrogen-bond donors (Lipinski definition) is 2. The number of ketones is 1. The van der Waals surface area contributed by atoms with Gasteiger partial charge in [-0.15, -0.1) is 0 Å². The average molecular weight is 509 g/mol. The van der Waals surface area contributed by atoms with E-state index in [0.717, 1.165) is 47.5 Å². The summed E-state index contributed by atoms with van der Waals surface area (Å²) in [5.41, 5.74) is 11.5. The summed E-state index contributed by atoms with van der Waals surface area (Å²) in [6.07, 6.45) is 3.10. The van der Waals surface area contributed by atoms with Gasteiger partial charge in [0, 0.05) is 60.5 Å². The molecule has 2 bridgehead atoms. The van der Waals surface area contributed by atoms with Crippen LogP contribution in [0.15, 0.2) is 18.2 Å².